The van der Waals surface area contributed by atoms with Crippen LogP contribution in [0, 0.1) is 0 Å². The minimum absolute atomic E-state index is 1.01. The van der Waals surface area contributed by atoms with Gasteiger partial charge in [0.1, 0.15) is 0 Å². The van der Waals surface area contributed by atoms with Gasteiger partial charge in [-0.25, -0.2) is 4.98 Å². The molecule has 0 saturated carbocycles. The van der Waals surface area contributed by atoms with Gasteiger partial charge in [0, 0.05) is 17.6 Å². The molecule has 13 heavy (non-hydrogen) atoms. The molecule has 2 nitrogen and oxygen atoms in total. The lowest BCUT2D eigenvalue weighted by Crippen LogP contribution is -1.96. The molecule has 2 heteroatoms. The predicted octanol–water partition coefficient (Wildman–Crippen LogP) is 2.43. The van der Waals surface area contributed by atoms with Gasteiger partial charge in [0.2, 0.25) is 0 Å². The van der Waals surface area contributed by atoms with Gasteiger partial charge < -0.3 is 4.57 Å². The summed E-state index contributed by atoms with van der Waals surface area (Å²) in [6.45, 7) is 2.14. The molecule has 2 aromatic rings. The van der Waals surface area contributed by atoms with E-state index in [1.807, 2.05) is 30.7 Å². The zero-order valence-electron chi connectivity index (χ0n) is 7.64. The molecule has 0 atom stereocenters. The maximum atomic E-state index is 4.13. The van der Waals surface area contributed by atoms with E-state index in [4.69, 9.17) is 0 Å². The maximum Gasteiger partial charge on any atom is 0.0994 e. The first-order valence-corrected chi connectivity index (χ1v) is 4.48. The minimum atomic E-state index is 1.01. The number of hydrogen-bond acceptors (Lipinski definition) is 1. The van der Waals surface area contributed by atoms with E-state index in [0.717, 1.165) is 6.42 Å². The van der Waals surface area contributed by atoms with E-state index in [1.165, 1.54) is 11.4 Å². The average molecular weight is 172 g/mol. The van der Waals surface area contributed by atoms with Crippen molar-refractivity contribution in [1.29, 1.82) is 0 Å². The molecular weight excluding hydrogens is 160 g/mol. The third-order valence-electron chi connectivity index (χ3n) is 2.11. The number of aromatic nitrogens is 2. The summed E-state index contributed by atoms with van der Waals surface area (Å²) in [7, 11) is 0. The van der Waals surface area contributed by atoms with Gasteiger partial charge >= 0.3 is 0 Å². The molecule has 0 aliphatic carbocycles. The zero-order valence-corrected chi connectivity index (χ0v) is 7.64. The second-order valence-corrected chi connectivity index (χ2v) is 2.94. The van der Waals surface area contributed by atoms with Crippen LogP contribution in [0.15, 0.2) is 42.9 Å². The highest BCUT2D eigenvalue weighted by Gasteiger charge is 1.99. The van der Waals surface area contributed by atoms with Gasteiger partial charge in [0.05, 0.1) is 6.33 Å². The van der Waals surface area contributed by atoms with Crippen LogP contribution in [0.4, 0.5) is 0 Å². The van der Waals surface area contributed by atoms with Gasteiger partial charge in [0.15, 0.2) is 0 Å². The molecule has 0 aliphatic heterocycles. The zero-order chi connectivity index (χ0) is 9.10. The number of imidazole rings is 1. The molecule has 0 aliphatic rings. The predicted molar refractivity (Wildman–Crippen MR) is 52.9 cm³/mol. The van der Waals surface area contributed by atoms with Crippen molar-refractivity contribution in [3.8, 4) is 5.69 Å². The molecule has 0 N–H and O–H groups in total. The summed E-state index contributed by atoms with van der Waals surface area (Å²) >= 11 is 0. The maximum absolute atomic E-state index is 4.13. The molecule has 1 aromatic heterocycles. The molecule has 0 fully saturated rings. The van der Waals surface area contributed by atoms with Crippen LogP contribution in [-0.2, 0) is 6.42 Å². The van der Waals surface area contributed by atoms with Crippen LogP contribution in [0.5, 0.6) is 0 Å². The highest BCUT2D eigenvalue weighted by atomic mass is 15.0. The lowest BCUT2D eigenvalue weighted by molar-refractivity contribution is 0.934. The number of nitrogens with zero attached hydrogens (tertiary/aromatic N) is 2. The molecule has 66 valence electrons. The normalized spacial score (nSPS) is 10.2. The van der Waals surface area contributed by atoms with E-state index in [2.05, 4.69) is 28.6 Å². The third-order valence-corrected chi connectivity index (χ3v) is 2.11. The first-order chi connectivity index (χ1) is 6.42. The van der Waals surface area contributed by atoms with Crippen molar-refractivity contribution in [2.45, 2.75) is 13.3 Å². The smallest absolute Gasteiger partial charge is 0.0994 e. The number of rotatable bonds is 2. The summed E-state index contributed by atoms with van der Waals surface area (Å²) in [5.74, 6) is 0. The molecule has 0 bridgehead atoms. The SMILES string of the molecule is CCc1cncn1-c1ccccc1. The quantitative estimate of drug-likeness (QED) is 0.680. The average Bonchev–Trinajstić information content (AvgIpc) is 2.67. The van der Waals surface area contributed by atoms with E-state index in [0.29, 0.717) is 0 Å². The Balaban J connectivity index is 2.47. The van der Waals surface area contributed by atoms with Crippen LogP contribution in [0.2, 0.25) is 0 Å². The van der Waals surface area contributed by atoms with Gasteiger partial charge in [-0.2, -0.15) is 0 Å². The van der Waals surface area contributed by atoms with Crippen LogP contribution in [-0.4, -0.2) is 9.55 Å². The molecule has 0 saturated heterocycles. The largest absolute Gasteiger partial charge is 0.303 e. The summed E-state index contributed by atoms with van der Waals surface area (Å²) in [6.07, 6.45) is 4.77. The molecule has 0 radical (unpaired) electrons. The Morgan fingerprint density at radius 3 is 2.69 bits per heavy atom. The molecule has 0 unspecified atom stereocenters. The summed E-state index contributed by atoms with van der Waals surface area (Å²) in [4.78, 5) is 4.13. The molecular formula is C11H12N2. The van der Waals surface area contributed by atoms with E-state index in [1.54, 1.807) is 0 Å². The first-order valence-electron chi connectivity index (χ1n) is 4.48. The van der Waals surface area contributed by atoms with Gasteiger partial charge in [-0.3, -0.25) is 0 Å². The van der Waals surface area contributed by atoms with Crippen LogP contribution >= 0.6 is 0 Å². The summed E-state index contributed by atoms with van der Waals surface area (Å²) in [5, 5.41) is 0. The molecule has 2 rings (SSSR count). The van der Waals surface area contributed by atoms with Crippen molar-refractivity contribution in [3.63, 3.8) is 0 Å². The monoisotopic (exact) mass is 172 g/mol. The Labute approximate surface area is 77.9 Å². The summed E-state index contributed by atoms with van der Waals surface area (Å²) in [6, 6.07) is 10.3. The van der Waals surface area contributed by atoms with Crippen molar-refractivity contribution < 1.29 is 0 Å². The highest BCUT2D eigenvalue weighted by Crippen LogP contribution is 2.10. The van der Waals surface area contributed by atoms with Crippen molar-refractivity contribution >= 4 is 0 Å². The molecule has 1 aromatic carbocycles. The van der Waals surface area contributed by atoms with E-state index in [9.17, 15) is 0 Å². The second-order valence-electron chi connectivity index (χ2n) is 2.94. The van der Waals surface area contributed by atoms with Crippen molar-refractivity contribution in [2.75, 3.05) is 0 Å². The van der Waals surface area contributed by atoms with Gasteiger partial charge in [-0.05, 0) is 18.6 Å². The Hall–Kier alpha value is -1.57. The molecule has 0 amide bonds. The molecule has 0 spiro atoms. The van der Waals surface area contributed by atoms with Gasteiger partial charge in [0.25, 0.3) is 0 Å². The Kier molecular flexibility index (Phi) is 2.13. The van der Waals surface area contributed by atoms with Crippen LogP contribution < -0.4 is 0 Å². The molecule has 1 heterocycles. The number of hydrogen-bond donors (Lipinski definition) is 0. The lowest BCUT2D eigenvalue weighted by Gasteiger charge is -2.05. The van der Waals surface area contributed by atoms with E-state index in [-0.39, 0.29) is 0 Å². The van der Waals surface area contributed by atoms with E-state index < -0.39 is 0 Å². The fraction of sp³-hybridized carbons (Fsp3) is 0.182. The minimum Gasteiger partial charge on any atom is -0.303 e. The Morgan fingerprint density at radius 2 is 2.00 bits per heavy atom. The van der Waals surface area contributed by atoms with Gasteiger partial charge in [-0.1, -0.05) is 25.1 Å². The summed E-state index contributed by atoms with van der Waals surface area (Å²) in [5.41, 5.74) is 2.42. The Morgan fingerprint density at radius 1 is 1.23 bits per heavy atom. The number of para-hydroxylation sites is 1. The van der Waals surface area contributed by atoms with Crippen LogP contribution in [0.3, 0.4) is 0 Å². The number of benzene rings is 1. The van der Waals surface area contributed by atoms with Crippen molar-refractivity contribution in [2.24, 2.45) is 0 Å². The highest BCUT2D eigenvalue weighted by molar-refractivity contribution is 5.33. The summed E-state index contributed by atoms with van der Waals surface area (Å²) < 4.78 is 2.11. The van der Waals surface area contributed by atoms with Crippen molar-refractivity contribution in [1.82, 2.24) is 9.55 Å². The van der Waals surface area contributed by atoms with Crippen molar-refractivity contribution in [3.05, 3.63) is 48.5 Å². The Bertz CT molecular complexity index is 376. The third kappa shape index (κ3) is 1.47. The first kappa shape index (κ1) is 8.05. The topological polar surface area (TPSA) is 17.8 Å². The fourth-order valence-electron chi connectivity index (χ4n) is 1.41. The standard InChI is InChI=1S/C11H12N2/c1-2-10-8-12-9-13(10)11-6-4-3-5-7-11/h3-9H,2H2,1H3. The lowest BCUT2D eigenvalue weighted by atomic mass is 10.3. The van der Waals surface area contributed by atoms with E-state index >= 15 is 0 Å². The van der Waals surface area contributed by atoms with Crippen LogP contribution in [0.25, 0.3) is 5.69 Å². The van der Waals surface area contributed by atoms with Gasteiger partial charge in [-0.15, -0.1) is 0 Å². The fourth-order valence-corrected chi connectivity index (χ4v) is 1.41. The number of aryl methyl sites for hydroxylation is 1. The van der Waals surface area contributed by atoms with Crippen LogP contribution in [0.1, 0.15) is 12.6 Å². The second kappa shape index (κ2) is 3.44.